The van der Waals surface area contributed by atoms with Crippen molar-refractivity contribution < 1.29 is 23.2 Å². The molecule has 0 aliphatic rings. The van der Waals surface area contributed by atoms with Crippen LogP contribution in [0.3, 0.4) is 0 Å². The van der Waals surface area contributed by atoms with Gasteiger partial charge in [-0.2, -0.15) is 0 Å². The van der Waals surface area contributed by atoms with Crippen LogP contribution in [0.1, 0.15) is 13.8 Å². The standard InChI is InChI=1S/C11H12F2N2O4/c1-11(2,19-3)10(16)14-9-7(13)4-6(12)5-8(9)15(17)18/h4-5H,1-3H3,(H,14,16). The number of nitrogens with one attached hydrogen (secondary N) is 1. The molecule has 1 aromatic rings. The Hall–Kier alpha value is -2.09. The largest absolute Gasteiger partial charge is 0.369 e. The molecule has 1 rings (SSSR count). The lowest BCUT2D eigenvalue weighted by Gasteiger charge is -2.21. The second-order valence-electron chi connectivity index (χ2n) is 4.21. The molecular weight excluding hydrogens is 262 g/mol. The maximum absolute atomic E-state index is 13.5. The van der Waals surface area contributed by atoms with Crippen molar-refractivity contribution in [1.29, 1.82) is 0 Å². The number of anilines is 1. The molecule has 0 saturated heterocycles. The van der Waals surface area contributed by atoms with Crippen molar-refractivity contribution >= 4 is 17.3 Å². The van der Waals surface area contributed by atoms with E-state index in [1.807, 2.05) is 5.32 Å². The predicted molar refractivity (Wildman–Crippen MR) is 62.7 cm³/mol. The highest BCUT2D eigenvalue weighted by molar-refractivity contribution is 5.98. The Balaban J connectivity index is 3.21. The summed E-state index contributed by atoms with van der Waals surface area (Å²) in [7, 11) is 1.26. The van der Waals surface area contributed by atoms with Crippen molar-refractivity contribution in [3.05, 3.63) is 33.9 Å². The van der Waals surface area contributed by atoms with Gasteiger partial charge in [-0.25, -0.2) is 8.78 Å². The molecule has 0 radical (unpaired) electrons. The number of rotatable bonds is 4. The normalized spacial score (nSPS) is 11.2. The number of hydrogen-bond acceptors (Lipinski definition) is 4. The van der Waals surface area contributed by atoms with Crippen molar-refractivity contribution in [3.63, 3.8) is 0 Å². The van der Waals surface area contributed by atoms with E-state index in [9.17, 15) is 23.7 Å². The number of carbonyl (C=O) groups excluding carboxylic acids is 1. The summed E-state index contributed by atoms with van der Waals surface area (Å²) < 4.78 is 31.3. The number of methoxy groups -OCH3 is 1. The summed E-state index contributed by atoms with van der Waals surface area (Å²) in [5.41, 5.74) is -2.87. The first-order valence-electron chi connectivity index (χ1n) is 5.19. The van der Waals surface area contributed by atoms with Crippen LogP contribution in [-0.4, -0.2) is 23.5 Å². The van der Waals surface area contributed by atoms with Crippen LogP contribution in [0, 0.1) is 21.7 Å². The van der Waals surface area contributed by atoms with E-state index in [2.05, 4.69) is 0 Å². The molecule has 0 spiro atoms. The van der Waals surface area contributed by atoms with Crippen LogP contribution in [0.25, 0.3) is 0 Å². The van der Waals surface area contributed by atoms with Gasteiger partial charge < -0.3 is 10.1 Å². The molecule has 6 nitrogen and oxygen atoms in total. The topological polar surface area (TPSA) is 81.5 Å². The highest BCUT2D eigenvalue weighted by atomic mass is 19.1. The van der Waals surface area contributed by atoms with Crippen LogP contribution in [0.15, 0.2) is 12.1 Å². The van der Waals surface area contributed by atoms with Crippen molar-refractivity contribution in [2.45, 2.75) is 19.4 Å². The van der Waals surface area contributed by atoms with Crippen LogP contribution < -0.4 is 5.32 Å². The minimum absolute atomic E-state index is 0.447. The molecule has 0 heterocycles. The van der Waals surface area contributed by atoms with E-state index in [4.69, 9.17) is 4.74 Å². The zero-order valence-electron chi connectivity index (χ0n) is 10.5. The lowest BCUT2D eigenvalue weighted by atomic mass is 10.1. The van der Waals surface area contributed by atoms with Crippen molar-refractivity contribution in [2.75, 3.05) is 12.4 Å². The number of halogens is 2. The number of hydrogen-bond donors (Lipinski definition) is 1. The molecule has 0 atom stereocenters. The summed E-state index contributed by atoms with van der Waals surface area (Å²) in [6.45, 7) is 2.80. The summed E-state index contributed by atoms with van der Waals surface area (Å²) >= 11 is 0. The Labute approximate surface area is 107 Å². The molecule has 0 fully saturated rings. The molecule has 1 N–H and O–H groups in total. The molecule has 0 aliphatic heterocycles. The quantitative estimate of drug-likeness (QED) is 0.674. The third-order valence-corrected chi connectivity index (χ3v) is 2.53. The van der Waals surface area contributed by atoms with Crippen LogP contribution >= 0.6 is 0 Å². The van der Waals surface area contributed by atoms with Crippen LogP contribution in [0.2, 0.25) is 0 Å². The molecule has 0 bridgehead atoms. The highest BCUT2D eigenvalue weighted by Gasteiger charge is 2.30. The molecule has 8 heteroatoms. The molecule has 104 valence electrons. The molecule has 1 amide bonds. The fourth-order valence-corrected chi connectivity index (χ4v) is 1.18. The Morgan fingerprint density at radius 2 is 2.00 bits per heavy atom. The average Bonchev–Trinajstić information content (AvgIpc) is 2.31. The van der Waals surface area contributed by atoms with Crippen LogP contribution in [0.4, 0.5) is 20.2 Å². The van der Waals surface area contributed by atoms with E-state index < -0.39 is 39.4 Å². The fourth-order valence-electron chi connectivity index (χ4n) is 1.18. The van der Waals surface area contributed by atoms with Gasteiger partial charge in [0.05, 0.1) is 11.0 Å². The minimum Gasteiger partial charge on any atom is -0.369 e. The van der Waals surface area contributed by atoms with E-state index in [1.54, 1.807) is 0 Å². The van der Waals surface area contributed by atoms with Gasteiger partial charge in [-0.15, -0.1) is 0 Å². The number of benzene rings is 1. The summed E-state index contributed by atoms with van der Waals surface area (Å²) in [5, 5.41) is 12.7. The SMILES string of the molecule is COC(C)(C)C(=O)Nc1c(F)cc(F)cc1[N+](=O)[O-]. The number of amides is 1. The number of nitrogens with zero attached hydrogens (tertiary/aromatic N) is 1. The summed E-state index contributed by atoms with van der Waals surface area (Å²) in [6.07, 6.45) is 0. The van der Waals surface area contributed by atoms with Crippen LogP contribution in [-0.2, 0) is 9.53 Å². The third-order valence-electron chi connectivity index (χ3n) is 2.53. The number of ether oxygens (including phenoxy) is 1. The fraction of sp³-hybridized carbons (Fsp3) is 0.364. The minimum atomic E-state index is -1.31. The third kappa shape index (κ3) is 3.22. The van der Waals surface area contributed by atoms with Gasteiger partial charge in [-0.3, -0.25) is 14.9 Å². The van der Waals surface area contributed by atoms with Gasteiger partial charge in [0, 0.05) is 13.2 Å². The molecule has 0 aliphatic carbocycles. The van der Waals surface area contributed by atoms with Gasteiger partial charge in [0.15, 0.2) is 11.5 Å². The molecule has 1 aromatic carbocycles. The number of nitro groups is 1. The molecule has 0 saturated carbocycles. The zero-order chi connectivity index (χ0) is 14.8. The van der Waals surface area contributed by atoms with E-state index in [1.165, 1.54) is 21.0 Å². The summed E-state index contributed by atoms with van der Waals surface area (Å²) in [6, 6.07) is 0.973. The maximum atomic E-state index is 13.5. The first-order valence-corrected chi connectivity index (χ1v) is 5.19. The Morgan fingerprint density at radius 3 is 2.47 bits per heavy atom. The van der Waals surface area contributed by atoms with E-state index in [-0.39, 0.29) is 0 Å². The molecular formula is C11H12F2N2O4. The zero-order valence-corrected chi connectivity index (χ0v) is 10.5. The Kier molecular flexibility index (Phi) is 4.15. The van der Waals surface area contributed by atoms with E-state index in [0.29, 0.717) is 12.1 Å². The summed E-state index contributed by atoms with van der Waals surface area (Å²) in [4.78, 5) is 21.5. The molecule has 19 heavy (non-hydrogen) atoms. The Morgan fingerprint density at radius 1 is 1.42 bits per heavy atom. The molecule has 0 aromatic heterocycles. The second-order valence-corrected chi connectivity index (χ2v) is 4.21. The second kappa shape index (κ2) is 5.27. The van der Waals surface area contributed by atoms with Gasteiger partial charge in [0.2, 0.25) is 0 Å². The summed E-state index contributed by atoms with van der Waals surface area (Å²) in [5.74, 6) is -3.12. The van der Waals surface area contributed by atoms with Crippen LogP contribution in [0.5, 0.6) is 0 Å². The highest BCUT2D eigenvalue weighted by Crippen LogP contribution is 2.29. The Bertz CT molecular complexity index is 532. The first kappa shape index (κ1) is 15.0. The van der Waals surface area contributed by atoms with Crippen molar-refractivity contribution in [2.24, 2.45) is 0 Å². The number of nitro benzene ring substituents is 1. The smallest absolute Gasteiger partial charge is 0.298 e. The first-order chi connectivity index (χ1) is 8.69. The van der Waals surface area contributed by atoms with Gasteiger partial charge in [-0.1, -0.05) is 0 Å². The monoisotopic (exact) mass is 274 g/mol. The van der Waals surface area contributed by atoms with Crippen molar-refractivity contribution in [1.82, 2.24) is 0 Å². The lowest BCUT2D eigenvalue weighted by molar-refractivity contribution is -0.384. The van der Waals surface area contributed by atoms with Gasteiger partial charge in [0.1, 0.15) is 11.4 Å². The van der Waals surface area contributed by atoms with E-state index >= 15 is 0 Å². The number of carbonyl (C=O) groups is 1. The lowest BCUT2D eigenvalue weighted by Crippen LogP contribution is -2.39. The van der Waals surface area contributed by atoms with Gasteiger partial charge in [-0.05, 0) is 13.8 Å². The maximum Gasteiger partial charge on any atom is 0.298 e. The van der Waals surface area contributed by atoms with E-state index in [0.717, 1.165) is 0 Å². The predicted octanol–water partition coefficient (Wildman–Crippen LogP) is 2.24. The molecule has 0 unspecified atom stereocenters. The average molecular weight is 274 g/mol. The van der Waals surface area contributed by atoms with Crippen molar-refractivity contribution in [3.8, 4) is 0 Å². The van der Waals surface area contributed by atoms with Gasteiger partial charge in [0.25, 0.3) is 11.6 Å². The van der Waals surface area contributed by atoms with Gasteiger partial charge >= 0.3 is 0 Å².